The van der Waals surface area contributed by atoms with Gasteiger partial charge >= 0.3 is 0 Å². The first-order valence-corrected chi connectivity index (χ1v) is 27.9. The smallest absolute Gasteiger partial charge is 0.0520 e. The molecule has 12 aromatic carbocycles. The summed E-state index contributed by atoms with van der Waals surface area (Å²) in [5, 5.41) is 2.37. The lowest BCUT2D eigenvalue weighted by molar-refractivity contribution is 1.19. The third-order valence-electron chi connectivity index (χ3n) is 15.2. The zero-order chi connectivity index (χ0) is 55.4. The Morgan fingerprint density at radius 2 is 0.543 bits per heavy atom. The number of hydrogen-bond donors (Lipinski definition) is 0. The first-order valence-electron chi connectivity index (χ1n) is 27.9. The van der Waals surface area contributed by atoms with Crippen LogP contribution in [0.15, 0.2) is 285 Å². The van der Waals surface area contributed by atoms with Crippen molar-refractivity contribution in [1.82, 2.24) is 0 Å². The Morgan fingerprint density at radius 3 is 1.04 bits per heavy atom. The summed E-state index contributed by atoms with van der Waals surface area (Å²) < 4.78 is 0. The zero-order valence-corrected chi connectivity index (χ0v) is 46.9. The van der Waals surface area contributed by atoms with Gasteiger partial charge in [0.15, 0.2) is 0 Å². The van der Waals surface area contributed by atoms with E-state index in [1.807, 2.05) is 0 Å². The van der Waals surface area contributed by atoms with Gasteiger partial charge in [0.2, 0.25) is 0 Å². The van der Waals surface area contributed by atoms with Gasteiger partial charge in [0, 0.05) is 79.6 Å². The van der Waals surface area contributed by atoms with Crippen molar-refractivity contribution in [2.45, 2.75) is 41.5 Å². The van der Waals surface area contributed by atoms with Crippen LogP contribution in [-0.2, 0) is 0 Å². The Kier molecular flexibility index (Phi) is 14.5. The van der Waals surface area contributed by atoms with E-state index in [1.165, 1.54) is 49.8 Å². The minimum atomic E-state index is 1.03. The highest BCUT2D eigenvalue weighted by Gasteiger charge is 2.23. The Bertz CT molecular complexity index is 4110. The molecule has 0 radical (unpaired) electrons. The van der Waals surface area contributed by atoms with Gasteiger partial charge < -0.3 is 24.5 Å². The highest BCUT2D eigenvalue weighted by Crippen LogP contribution is 2.46. The molecule has 0 atom stereocenters. The molecule has 0 aliphatic heterocycles. The molecule has 5 nitrogen and oxygen atoms in total. The van der Waals surface area contributed by atoms with Gasteiger partial charge in [-0.15, -0.1) is 0 Å². The Morgan fingerprint density at radius 1 is 0.185 bits per heavy atom. The van der Waals surface area contributed by atoms with Crippen molar-refractivity contribution in [2.24, 2.45) is 0 Å². The van der Waals surface area contributed by atoms with Gasteiger partial charge in [-0.25, -0.2) is 0 Å². The van der Waals surface area contributed by atoms with E-state index in [2.05, 4.69) is 351 Å². The molecule has 12 rings (SSSR count). The minimum absolute atomic E-state index is 1.03. The van der Waals surface area contributed by atoms with Crippen LogP contribution < -0.4 is 24.5 Å². The molecule has 81 heavy (non-hydrogen) atoms. The van der Waals surface area contributed by atoms with Gasteiger partial charge in [-0.3, -0.25) is 0 Å². The number of para-hydroxylation sites is 3. The molecule has 12 aromatic rings. The van der Waals surface area contributed by atoms with Crippen molar-refractivity contribution in [1.29, 1.82) is 0 Å². The average molecular weight is 1050 g/mol. The lowest BCUT2D eigenvalue weighted by Gasteiger charge is -2.32. The van der Waals surface area contributed by atoms with Crippen molar-refractivity contribution >= 4 is 96.1 Å². The number of aryl methyl sites for hydroxylation is 6. The van der Waals surface area contributed by atoms with E-state index in [0.29, 0.717) is 0 Å². The van der Waals surface area contributed by atoms with Crippen LogP contribution in [0.25, 0.3) is 10.8 Å². The monoisotopic (exact) mass is 1050 g/mol. The number of rotatable bonds is 15. The van der Waals surface area contributed by atoms with Crippen molar-refractivity contribution in [3.8, 4) is 0 Å². The third-order valence-corrected chi connectivity index (χ3v) is 15.2. The Balaban J connectivity index is 0.967. The average Bonchev–Trinajstić information content (AvgIpc) is 3.49. The summed E-state index contributed by atoms with van der Waals surface area (Å²) in [7, 11) is 0. The van der Waals surface area contributed by atoms with Crippen LogP contribution >= 0.6 is 0 Å². The normalized spacial score (nSPS) is 11.1. The Labute approximate surface area is 478 Å². The van der Waals surface area contributed by atoms with E-state index < -0.39 is 0 Å². The van der Waals surface area contributed by atoms with E-state index >= 15 is 0 Å². The quantitative estimate of drug-likeness (QED) is 0.101. The standard InChI is InChI=1S/C76H65N5/c1-54-34-37-65(38-35-54)80(75-33-16-13-21-57(75)4)66-42-46-68(47-43-66)81(76-58(5)48-56(3)49-59(76)6)67-44-40-64(41-45-67)79(74-39-36-60-22-14-15-23-61(60)51-74)73-32-19-31-72(53-73)78(63-26-11-8-12-27-63)71-30-18-29-70(52-71)77(62-24-9-7-10-25-62)69-28-17-20-55(2)50-69/h7-53H,1-6H3. The highest BCUT2D eigenvalue weighted by atomic mass is 15.2. The maximum absolute atomic E-state index is 2.42. The fourth-order valence-electron chi connectivity index (χ4n) is 11.5. The molecule has 0 spiro atoms. The van der Waals surface area contributed by atoms with Gasteiger partial charge in [-0.1, -0.05) is 145 Å². The van der Waals surface area contributed by atoms with E-state index in [9.17, 15) is 0 Å². The maximum Gasteiger partial charge on any atom is 0.0520 e. The first-order chi connectivity index (χ1) is 39.6. The number of hydrogen-bond acceptors (Lipinski definition) is 5. The Hall–Kier alpha value is -10.1. The SMILES string of the molecule is Cc1ccc(N(c2ccc(N(c3ccc(N(c4cccc(N(c5ccccc5)c5cccc(N(c6ccccc6)c6cccc(C)c6)c5)c4)c4ccc5ccccc5c4)cc3)c3c(C)cc(C)cc3C)cc2)c2ccccc2C)cc1. The van der Waals surface area contributed by atoms with Crippen LogP contribution in [0.1, 0.15) is 33.4 Å². The van der Waals surface area contributed by atoms with Crippen LogP contribution in [0.2, 0.25) is 0 Å². The summed E-state index contributed by atoms with van der Waals surface area (Å²) in [5.41, 5.74) is 23.5. The summed E-state index contributed by atoms with van der Waals surface area (Å²) in [4.78, 5) is 11.9. The van der Waals surface area contributed by atoms with E-state index in [0.717, 1.165) is 79.6 Å². The second-order valence-electron chi connectivity index (χ2n) is 21.2. The summed E-state index contributed by atoms with van der Waals surface area (Å²) in [6.07, 6.45) is 0. The van der Waals surface area contributed by atoms with Crippen molar-refractivity contribution in [2.75, 3.05) is 24.5 Å². The van der Waals surface area contributed by atoms with Gasteiger partial charge in [0.25, 0.3) is 0 Å². The second kappa shape index (κ2) is 22.7. The molecular weight excluding hydrogens is 983 g/mol. The topological polar surface area (TPSA) is 16.2 Å². The number of fused-ring (bicyclic) bond motifs is 1. The molecule has 0 saturated heterocycles. The molecule has 0 aliphatic rings. The molecule has 0 amide bonds. The zero-order valence-electron chi connectivity index (χ0n) is 46.9. The molecule has 0 unspecified atom stereocenters. The molecule has 5 heteroatoms. The summed E-state index contributed by atoms with van der Waals surface area (Å²) in [5.74, 6) is 0. The predicted molar refractivity (Wildman–Crippen MR) is 346 cm³/mol. The van der Waals surface area contributed by atoms with Gasteiger partial charge in [-0.05, 0) is 226 Å². The van der Waals surface area contributed by atoms with Crippen LogP contribution in [0.4, 0.5) is 85.3 Å². The molecule has 0 saturated carbocycles. The van der Waals surface area contributed by atoms with Crippen LogP contribution in [0, 0.1) is 41.5 Å². The number of anilines is 15. The molecule has 0 aromatic heterocycles. The van der Waals surface area contributed by atoms with Crippen molar-refractivity contribution in [3.63, 3.8) is 0 Å². The molecule has 0 fully saturated rings. The van der Waals surface area contributed by atoms with Crippen LogP contribution in [0.5, 0.6) is 0 Å². The molecule has 0 aliphatic carbocycles. The predicted octanol–water partition coefficient (Wildman–Crippen LogP) is 22.0. The van der Waals surface area contributed by atoms with Gasteiger partial charge in [-0.2, -0.15) is 0 Å². The minimum Gasteiger partial charge on any atom is -0.310 e. The largest absolute Gasteiger partial charge is 0.310 e. The highest BCUT2D eigenvalue weighted by molar-refractivity contribution is 5.92. The van der Waals surface area contributed by atoms with Gasteiger partial charge in [0.05, 0.1) is 5.69 Å². The number of benzene rings is 12. The maximum atomic E-state index is 2.42. The summed E-state index contributed by atoms with van der Waals surface area (Å²) in [6.45, 7) is 13.1. The van der Waals surface area contributed by atoms with Crippen molar-refractivity contribution < 1.29 is 0 Å². The fourth-order valence-corrected chi connectivity index (χ4v) is 11.5. The van der Waals surface area contributed by atoms with Crippen molar-refractivity contribution in [3.05, 3.63) is 318 Å². The third kappa shape index (κ3) is 10.8. The molecular formula is C76H65N5. The lowest BCUT2D eigenvalue weighted by atomic mass is 10.0. The summed E-state index contributed by atoms with van der Waals surface area (Å²) >= 11 is 0. The van der Waals surface area contributed by atoms with Crippen LogP contribution in [0.3, 0.4) is 0 Å². The lowest BCUT2D eigenvalue weighted by Crippen LogP contribution is -2.15. The van der Waals surface area contributed by atoms with E-state index in [4.69, 9.17) is 0 Å². The van der Waals surface area contributed by atoms with E-state index in [-0.39, 0.29) is 0 Å². The van der Waals surface area contributed by atoms with Gasteiger partial charge in [0.1, 0.15) is 0 Å². The summed E-state index contributed by atoms with van der Waals surface area (Å²) in [6, 6.07) is 103. The second-order valence-corrected chi connectivity index (χ2v) is 21.2. The van der Waals surface area contributed by atoms with Crippen LogP contribution in [-0.4, -0.2) is 0 Å². The molecule has 0 bridgehead atoms. The fraction of sp³-hybridized carbons (Fsp3) is 0.0789. The first kappa shape index (κ1) is 51.6. The molecule has 0 heterocycles. The molecule has 0 N–H and O–H groups in total. The number of nitrogens with zero attached hydrogens (tertiary/aromatic N) is 5. The van der Waals surface area contributed by atoms with E-state index in [1.54, 1.807) is 0 Å². The molecule has 394 valence electrons.